The average Bonchev–Trinajstić information content (AvgIpc) is 2.38. The molecule has 0 aromatic heterocycles. The molecule has 0 unspecified atom stereocenters. The Bertz CT molecular complexity index is 339. The number of likely N-dealkylation sites (tertiary alicyclic amines) is 1. The summed E-state index contributed by atoms with van der Waals surface area (Å²) >= 11 is 0. The molecule has 0 aliphatic carbocycles. The van der Waals surface area contributed by atoms with Crippen LogP contribution in [0.5, 0.6) is 0 Å². The third-order valence-corrected chi connectivity index (χ3v) is 2.81. The first kappa shape index (κ1) is 14.7. The second-order valence-electron chi connectivity index (χ2n) is 5.59. The zero-order valence-corrected chi connectivity index (χ0v) is 11.0. The van der Waals surface area contributed by atoms with Crippen LogP contribution < -0.4 is 0 Å². The Balaban J connectivity index is 2.62. The molecule has 18 heavy (non-hydrogen) atoms. The van der Waals surface area contributed by atoms with E-state index in [2.05, 4.69) is 0 Å². The molecule has 1 aliphatic rings. The lowest BCUT2D eigenvalue weighted by Gasteiger charge is -2.26. The summed E-state index contributed by atoms with van der Waals surface area (Å²) in [5, 5.41) is 8.82. The molecule has 1 saturated heterocycles. The minimum absolute atomic E-state index is 0.0672. The van der Waals surface area contributed by atoms with Crippen LogP contribution in [-0.2, 0) is 9.53 Å². The van der Waals surface area contributed by atoms with Gasteiger partial charge in [-0.1, -0.05) is 0 Å². The van der Waals surface area contributed by atoms with Crippen molar-refractivity contribution in [1.29, 1.82) is 0 Å². The molecule has 1 atom stereocenters. The lowest BCUT2D eigenvalue weighted by molar-refractivity contribution is -0.151. The number of rotatable bonds is 1. The van der Waals surface area contributed by atoms with E-state index in [1.807, 2.05) is 0 Å². The fourth-order valence-corrected chi connectivity index (χ4v) is 1.82. The highest BCUT2D eigenvalue weighted by molar-refractivity contribution is 5.77. The van der Waals surface area contributed by atoms with Crippen molar-refractivity contribution in [3.8, 4) is 0 Å². The average molecular weight is 261 g/mol. The molecule has 1 aliphatic heterocycles. The quantitative estimate of drug-likeness (QED) is 0.785. The number of aliphatic carboxylic acids is 1. The van der Waals surface area contributed by atoms with Gasteiger partial charge in [0, 0.05) is 19.5 Å². The van der Waals surface area contributed by atoms with E-state index in [1.165, 1.54) is 4.90 Å². The van der Waals surface area contributed by atoms with E-state index in [0.29, 0.717) is 13.0 Å². The third kappa shape index (κ3) is 3.85. The molecule has 0 saturated carbocycles. The molecule has 0 aromatic rings. The van der Waals surface area contributed by atoms with Gasteiger partial charge in [0.1, 0.15) is 5.60 Å². The Morgan fingerprint density at radius 2 is 1.89 bits per heavy atom. The van der Waals surface area contributed by atoms with Gasteiger partial charge in [-0.2, -0.15) is 0 Å². The van der Waals surface area contributed by atoms with Crippen LogP contribution in [0.4, 0.5) is 9.18 Å². The summed E-state index contributed by atoms with van der Waals surface area (Å²) in [6.07, 6.45) is -0.456. The van der Waals surface area contributed by atoms with Gasteiger partial charge in [0.15, 0.2) is 0 Å². The summed E-state index contributed by atoms with van der Waals surface area (Å²) in [5.41, 5.74) is -2.83. The minimum atomic E-state index is -2.23. The Morgan fingerprint density at radius 3 is 2.39 bits per heavy atom. The van der Waals surface area contributed by atoms with Crippen molar-refractivity contribution in [2.75, 3.05) is 13.1 Å². The second-order valence-corrected chi connectivity index (χ2v) is 5.59. The third-order valence-electron chi connectivity index (χ3n) is 2.81. The lowest BCUT2D eigenvalue weighted by atomic mass is 9.97. The summed E-state index contributed by atoms with van der Waals surface area (Å²) in [4.78, 5) is 24.0. The van der Waals surface area contributed by atoms with Crippen molar-refractivity contribution < 1.29 is 23.8 Å². The maximum Gasteiger partial charge on any atom is 0.410 e. The van der Waals surface area contributed by atoms with Crippen LogP contribution in [0.2, 0.25) is 0 Å². The van der Waals surface area contributed by atoms with Crippen molar-refractivity contribution in [2.45, 2.75) is 51.3 Å². The van der Waals surface area contributed by atoms with Gasteiger partial charge in [-0.3, -0.25) is 0 Å². The zero-order chi connectivity index (χ0) is 14.0. The van der Waals surface area contributed by atoms with Gasteiger partial charge in [0.2, 0.25) is 5.67 Å². The smallest absolute Gasteiger partial charge is 0.410 e. The topological polar surface area (TPSA) is 66.8 Å². The van der Waals surface area contributed by atoms with E-state index >= 15 is 0 Å². The summed E-state index contributed by atoms with van der Waals surface area (Å²) in [6, 6.07) is 0. The highest BCUT2D eigenvalue weighted by atomic mass is 19.1. The number of hydrogen-bond acceptors (Lipinski definition) is 3. The predicted octanol–water partition coefficient (Wildman–Crippen LogP) is 2.20. The molecule has 1 rings (SSSR count). The zero-order valence-electron chi connectivity index (χ0n) is 11.0. The number of halogens is 1. The van der Waals surface area contributed by atoms with Gasteiger partial charge in [-0.05, 0) is 33.6 Å². The molecule has 0 bridgehead atoms. The summed E-state index contributed by atoms with van der Waals surface area (Å²) in [7, 11) is 0. The lowest BCUT2D eigenvalue weighted by Crippen LogP contribution is -2.39. The van der Waals surface area contributed by atoms with Crippen LogP contribution >= 0.6 is 0 Å². The fraction of sp³-hybridized carbons (Fsp3) is 0.833. The van der Waals surface area contributed by atoms with E-state index < -0.39 is 23.3 Å². The fourth-order valence-electron chi connectivity index (χ4n) is 1.82. The van der Waals surface area contributed by atoms with Gasteiger partial charge in [0.25, 0.3) is 0 Å². The maximum absolute atomic E-state index is 14.0. The van der Waals surface area contributed by atoms with Crippen LogP contribution in [0.15, 0.2) is 0 Å². The number of carbonyl (C=O) groups is 2. The highest BCUT2D eigenvalue weighted by Gasteiger charge is 2.41. The Kier molecular flexibility index (Phi) is 4.19. The molecular weight excluding hydrogens is 241 g/mol. The number of amides is 1. The predicted molar refractivity (Wildman–Crippen MR) is 63.1 cm³/mol. The molecule has 104 valence electrons. The van der Waals surface area contributed by atoms with Crippen LogP contribution in [0.1, 0.15) is 40.0 Å². The van der Waals surface area contributed by atoms with Crippen molar-refractivity contribution in [3.05, 3.63) is 0 Å². The highest BCUT2D eigenvalue weighted by Crippen LogP contribution is 2.27. The number of nitrogens with zero attached hydrogens (tertiary/aromatic N) is 1. The SMILES string of the molecule is CC(C)(C)OC(=O)N1CCC[C@](F)(C(=O)O)CC1. The molecule has 0 spiro atoms. The number of carboxylic acids is 1. The van der Waals surface area contributed by atoms with E-state index in [9.17, 15) is 14.0 Å². The monoisotopic (exact) mass is 261 g/mol. The summed E-state index contributed by atoms with van der Waals surface area (Å²) in [5.74, 6) is -1.45. The first-order valence-electron chi connectivity index (χ1n) is 6.04. The first-order valence-corrected chi connectivity index (χ1v) is 6.04. The van der Waals surface area contributed by atoms with Crippen LogP contribution in [0.25, 0.3) is 0 Å². The summed E-state index contributed by atoms with van der Waals surface area (Å²) < 4.78 is 19.1. The minimum Gasteiger partial charge on any atom is -0.479 e. The van der Waals surface area contributed by atoms with E-state index in [4.69, 9.17) is 9.84 Å². The van der Waals surface area contributed by atoms with Gasteiger partial charge in [0.05, 0.1) is 0 Å². The molecule has 1 fully saturated rings. The Hall–Kier alpha value is -1.33. The van der Waals surface area contributed by atoms with Gasteiger partial charge in [-0.25, -0.2) is 14.0 Å². The Labute approximate surface area is 106 Å². The van der Waals surface area contributed by atoms with E-state index in [0.717, 1.165) is 0 Å². The number of carboxylic acid groups (broad SMARTS) is 1. The van der Waals surface area contributed by atoms with Crippen molar-refractivity contribution in [1.82, 2.24) is 4.90 Å². The van der Waals surface area contributed by atoms with E-state index in [-0.39, 0.29) is 19.4 Å². The number of carbonyl (C=O) groups excluding carboxylic acids is 1. The number of alkyl halides is 1. The van der Waals surface area contributed by atoms with Gasteiger partial charge >= 0.3 is 12.1 Å². The van der Waals surface area contributed by atoms with Crippen LogP contribution in [0.3, 0.4) is 0 Å². The van der Waals surface area contributed by atoms with Crippen molar-refractivity contribution in [3.63, 3.8) is 0 Å². The van der Waals surface area contributed by atoms with Crippen LogP contribution in [0, 0.1) is 0 Å². The van der Waals surface area contributed by atoms with Crippen LogP contribution in [-0.4, -0.2) is 46.4 Å². The molecule has 5 nitrogen and oxygen atoms in total. The molecule has 1 heterocycles. The van der Waals surface area contributed by atoms with Gasteiger partial charge in [-0.15, -0.1) is 0 Å². The van der Waals surface area contributed by atoms with Gasteiger partial charge < -0.3 is 14.7 Å². The Morgan fingerprint density at radius 1 is 1.28 bits per heavy atom. The molecular formula is C12H20FNO4. The first-order chi connectivity index (χ1) is 8.14. The molecule has 6 heteroatoms. The normalized spacial score (nSPS) is 25.4. The van der Waals surface area contributed by atoms with Crippen molar-refractivity contribution >= 4 is 12.1 Å². The molecule has 0 aromatic carbocycles. The number of ether oxygens (including phenoxy) is 1. The summed E-state index contributed by atoms with van der Waals surface area (Å²) in [6.45, 7) is 5.64. The molecule has 0 radical (unpaired) electrons. The maximum atomic E-state index is 14.0. The molecule has 1 amide bonds. The van der Waals surface area contributed by atoms with E-state index in [1.54, 1.807) is 20.8 Å². The largest absolute Gasteiger partial charge is 0.479 e. The second kappa shape index (κ2) is 5.12. The van der Waals surface area contributed by atoms with Crippen molar-refractivity contribution in [2.24, 2.45) is 0 Å². The molecule has 1 N–H and O–H groups in total. The standard InChI is InChI=1S/C12H20FNO4/c1-11(2,3)18-10(17)14-7-4-5-12(13,6-8-14)9(15)16/h4-8H2,1-3H3,(H,15,16)/t12-/m1/s1. The number of hydrogen-bond donors (Lipinski definition) is 1.